The van der Waals surface area contributed by atoms with Gasteiger partial charge in [0.2, 0.25) is 5.69 Å². The van der Waals surface area contributed by atoms with Crippen LogP contribution in [0.1, 0.15) is 90.9 Å². The molecule has 0 amide bonds. The van der Waals surface area contributed by atoms with E-state index in [9.17, 15) is 0 Å². The van der Waals surface area contributed by atoms with Crippen molar-refractivity contribution >= 4 is 35.4 Å². The zero-order valence-electron chi connectivity index (χ0n) is 22.3. The van der Waals surface area contributed by atoms with Crippen LogP contribution in [0, 0.1) is 35.5 Å². The smallest absolute Gasteiger partial charge is 0.245 e. The van der Waals surface area contributed by atoms with Crippen LogP contribution in [0.25, 0.3) is 0 Å². The van der Waals surface area contributed by atoms with Gasteiger partial charge in [0.05, 0.1) is 11.2 Å². The molecule has 0 spiro atoms. The molecule has 200 valence electrons. The van der Waals surface area contributed by atoms with Crippen molar-refractivity contribution in [1.82, 2.24) is 0 Å². The van der Waals surface area contributed by atoms with E-state index in [4.69, 9.17) is 33.1 Å². The van der Waals surface area contributed by atoms with E-state index in [2.05, 4.69) is 43.0 Å². The van der Waals surface area contributed by atoms with Crippen LogP contribution in [-0.2, 0) is 20.9 Å². The largest absolute Gasteiger partial charge is 0.372 e. The normalized spacial score (nSPS) is 43.1. The molecule has 8 bridgehead atoms. The van der Waals surface area contributed by atoms with E-state index in [1.807, 2.05) is 6.07 Å². The third-order valence-electron chi connectivity index (χ3n) is 10.5. The number of benzene rings is 1. The third kappa shape index (κ3) is 5.48. The summed E-state index contributed by atoms with van der Waals surface area (Å²) < 4.78 is 13.5. The SMILES string of the molecule is CCN(CC)c1ccccc1.S=P(S)(OC12CC3CC(CC(C3)C1)C2)OC12CC3CC(CC(C3)C1)C2. The molecule has 1 aromatic rings. The van der Waals surface area contributed by atoms with E-state index in [1.165, 1.54) is 82.7 Å². The minimum atomic E-state index is -2.46. The van der Waals surface area contributed by atoms with Gasteiger partial charge >= 0.3 is 0 Å². The molecule has 0 N–H and O–H groups in total. The second kappa shape index (κ2) is 10.2. The van der Waals surface area contributed by atoms with Gasteiger partial charge in [0.25, 0.3) is 0 Å². The molecule has 0 radical (unpaired) electrons. The van der Waals surface area contributed by atoms with Crippen LogP contribution in [0.3, 0.4) is 0 Å². The highest BCUT2D eigenvalue weighted by atomic mass is 32.9. The van der Waals surface area contributed by atoms with Crippen LogP contribution >= 0.6 is 17.9 Å². The standard InChI is InChI=1S/C20H31O2PS2.C10H15N/c24-23(25,21-19-7-13-1-14(8-19)3-15(2-13)9-19)22-20-10-16-4-17(11-20)6-18(5-16)12-20;1-3-11(4-2)10-8-6-5-7-9-10/h13-18H,1-12H2,(H,24,25);5-9H,3-4H2,1-2H3. The van der Waals surface area contributed by atoms with Crippen molar-refractivity contribution in [2.75, 3.05) is 18.0 Å². The second-order valence-corrected chi connectivity index (χ2v) is 18.5. The van der Waals surface area contributed by atoms with E-state index in [0.717, 1.165) is 48.6 Å². The Morgan fingerprint density at radius 3 is 1.36 bits per heavy atom. The Kier molecular flexibility index (Phi) is 7.39. The Morgan fingerprint density at radius 1 is 0.722 bits per heavy atom. The van der Waals surface area contributed by atoms with Gasteiger partial charge in [0, 0.05) is 18.8 Å². The van der Waals surface area contributed by atoms with E-state index < -0.39 is 5.69 Å². The molecule has 8 aliphatic rings. The second-order valence-electron chi connectivity index (χ2n) is 13.4. The molecule has 6 heteroatoms. The molecule has 0 heterocycles. The van der Waals surface area contributed by atoms with Gasteiger partial charge in [-0.05, 0) is 150 Å². The molecular weight excluding hydrogens is 501 g/mol. The maximum atomic E-state index is 6.75. The Hall–Kier alpha value is -0.0600. The van der Waals surface area contributed by atoms with Gasteiger partial charge < -0.3 is 13.9 Å². The molecule has 1 aromatic carbocycles. The van der Waals surface area contributed by atoms with E-state index >= 15 is 0 Å². The summed E-state index contributed by atoms with van der Waals surface area (Å²) in [5, 5.41) is 0. The fourth-order valence-corrected chi connectivity index (χ4v) is 13.5. The lowest BCUT2D eigenvalue weighted by atomic mass is 9.54. The summed E-state index contributed by atoms with van der Waals surface area (Å²) in [5.41, 5.74) is -1.10. The summed E-state index contributed by atoms with van der Waals surface area (Å²) in [6.45, 7) is 6.52. The molecule has 8 fully saturated rings. The van der Waals surface area contributed by atoms with Gasteiger partial charge in [0.1, 0.15) is 0 Å². The lowest BCUT2D eigenvalue weighted by Gasteiger charge is -2.59. The van der Waals surface area contributed by atoms with E-state index in [-0.39, 0.29) is 11.2 Å². The number of para-hydroxylation sites is 1. The van der Waals surface area contributed by atoms with Crippen LogP contribution in [0.4, 0.5) is 5.69 Å². The van der Waals surface area contributed by atoms with Crippen molar-refractivity contribution in [3.05, 3.63) is 30.3 Å². The van der Waals surface area contributed by atoms with E-state index in [1.54, 1.807) is 0 Å². The molecule has 3 nitrogen and oxygen atoms in total. The first-order valence-electron chi connectivity index (χ1n) is 14.8. The molecule has 8 saturated carbocycles. The maximum Gasteiger partial charge on any atom is 0.245 e. The van der Waals surface area contributed by atoms with Crippen molar-refractivity contribution in [3.8, 4) is 0 Å². The van der Waals surface area contributed by atoms with Crippen molar-refractivity contribution in [2.24, 2.45) is 35.5 Å². The summed E-state index contributed by atoms with van der Waals surface area (Å²) >= 11 is 10.8. The lowest BCUT2D eigenvalue weighted by Crippen LogP contribution is -2.53. The number of thiol groups is 1. The van der Waals surface area contributed by atoms with Gasteiger partial charge in [-0.1, -0.05) is 30.4 Å². The molecule has 0 atom stereocenters. The van der Waals surface area contributed by atoms with Crippen molar-refractivity contribution in [1.29, 1.82) is 0 Å². The quantitative estimate of drug-likeness (QED) is 0.272. The highest BCUT2D eigenvalue weighted by Gasteiger charge is 2.56. The molecular formula is C30H46NO2PS2. The zero-order chi connectivity index (χ0) is 25.0. The Labute approximate surface area is 229 Å². The average Bonchev–Trinajstić information content (AvgIpc) is 2.78. The number of nitrogens with zero attached hydrogens (tertiary/aromatic N) is 1. The first-order valence-corrected chi connectivity index (χ1v) is 18.6. The molecule has 0 unspecified atom stereocenters. The molecule has 0 saturated heterocycles. The fraction of sp³-hybridized carbons (Fsp3) is 0.800. The van der Waals surface area contributed by atoms with Crippen molar-refractivity contribution in [2.45, 2.75) is 102 Å². The average molecular weight is 548 g/mol. The predicted octanol–water partition coefficient (Wildman–Crippen LogP) is 8.64. The summed E-state index contributed by atoms with van der Waals surface area (Å²) in [6.07, 6.45) is 16.0. The van der Waals surface area contributed by atoms with Crippen molar-refractivity contribution in [3.63, 3.8) is 0 Å². The molecule has 0 aromatic heterocycles. The fourth-order valence-electron chi connectivity index (χ4n) is 10.0. The first kappa shape index (κ1) is 26.2. The summed E-state index contributed by atoms with van der Waals surface area (Å²) in [6, 6.07) is 10.5. The molecule has 8 aliphatic carbocycles. The Balaban J connectivity index is 0.000000186. The minimum Gasteiger partial charge on any atom is -0.372 e. The van der Waals surface area contributed by atoms with Gasteiger partial charge in [0.15, 0.2) is 0 Å². The molecule has 0 aliphatic heterocycles. The number of hydrogen-bond acceptors (Lipinski definition) is 4. The monoisotopic (exact) mass is 547 g/mol. The summed E-state index contributed by atoms with van der Waals surface area (Å²) in [5.74, 6) is 5.30. The van der Waals surface area contributed by atoms with Gasteiger partial charge in [-0.2, -0.15) is 0 Å². The van der Waals surface area contributed by atoms with Crippen LogP contribution < -0.4 is 4.90 Å². The Bertz CT molecular complexity index is 844. The predicted molar refractivity (Wildman–Crippen MR) is 157 cm³/mol. The number of anilines is 1. The van der Waals surface area contributed by atoms with Crippen LogP contribution in [0.5, 0.6) is 0 Å². The number of hydrogen-bond donors (Lipinski definition) is 1. The summed E-state index contributed by atoms with van der Waals surface area (Å²) in [7, 11) is 0. The van der Waals surface area contributed by atoms with Crippen LogP contribution in [0.15, 0.2) is 30.3 Å². The minimum absolute atomic E-state index is 0.0221. The third-order valence-corrected chi connectivity index (χ3v) is 12.6. The van der Waals surface area contributed by atoms with Crippen molar-refractivity contribution < 1.29 is 9.05 Å². The van der Waals surface area contributed by atoms with Gasteiger partial charge in [-0.25, -0.2) is 0 Å². The van der Waals surface area contributed by atoms with Crippen LogP contribution in [0.2, 0.25) is 0 Å². The molecule has 36 heavy (non-hydrogen) atoms. The summed E-state index contributed by atoms with van der Waals surface area (Å²) in [4.78, 5) is 2.33. The van der Waals surface area contributed by atoms with E-state index in [0.29, 0.717) is 0 Å². The lowest BCUT2D eigenvalue weighted by molar-refractivity contribution is -0.131. The topological polar surface area (TPSA) is 21.7 Å². The van der Waals surface area contributed by atoms with Gasteiger partial charge in [-0.3, -0.25) is 0 Å². The first-order chi connectivity index (χ1) is 17.3. The molecule has 9 rings (SSSR count). The zero-order valence-corrected chi connectivity index (χ0v) is 24.9. The number of rotatable bonds is 7. The highest BCUT2D eigenvalue weighted by molar-refractivity contribution is 8.60. The Morgan fingerprint density at radius 2 is 1.06 bits per heavy atom. The highest BCUT2D eigenvalue weighted by Crippen LogP contribution is 2.69. The van der Waals surface area contributed by atoms with Crippen LogP contribution in [-0.4, -0.2) is 24.3 Å². The maximum absolute atomic E-state index is 6.75. The van der Waals surface area contributed by atoms with Gasteiger partial charge in [-0.15, -0.1) is 0 Å².